The van der Waals surface area contributed by atoms with Crippen molar-refractivity contribution in [1.82, 2.24) is 10.0 Å². The van der Waals surface area contributed by atoms with Gasteiger partial charge in [-0.2, -0.15) is 12.6 Å². The van der Waals surface area contributed by atoms with Gasteiger partial charge < -0.3 is 5.32 Å². The van der Waals surface area contributed by atoms with Crippen LogP contribution in [0, 0.1) is 0 Å². The third-order valence-electron chi connectivity index (χ3n) is 1.55. The fraction of sp³-hybridized carbons (Fsp3) is 0.875. The van der Waals surface area contributed by atoms with Crippen LogP contribution in [0.3, 0.4) is 0 Å². The maximum Gasteiger partial charge on any atom is 0.232 e. The molecule has 0 aliphatic rings. The lowest BCUT2D eigenvalue weighted by atomic mass is 10.1. The van der Waals surface area contributed by atoms with Crippen LogP contribution in [0.2, 0.25) is 0 Å². The van der Waals surface area contributed by atoms with Crippen LogP contribution in [0.1, 0.15) is 20.8 Å². The van der Waals surface area contributed by atoms with Crippen molar-refractivity contribution >= 4 is 28.6 Å². The van der Waals surface area contributed by atoms with Crippen LogP contribution in [0.5, 0.6) is 0 Å². The van der Waals surface area contributed by atoms with Gasteiger partial charge in [0.05, 0.1) is 11.5 Å². The van der Waals surface area contributed by atoms with E-state index < -0.39 is 20.8 Å². The van der Waals surface area contributed by atoms with E-state index >= 15 is 0 Å². The number of thiol groups is 1. The van der Waals surface area contributed by atoms with E-state index in [1.54, 1.807) is 20.8 Å². The monoisotopic (exact) mass is 254 g/mol. The maximum atomic E-state index is 11.2. The minimum absolute atomic E-state index is 0.221. The van der Waals surface area contributed by atoms with Gasteiger partial charge in [-0.15, -0.1) is 0 Å². The molecule has 2 N–H and O–H groups in total. The van der Waals surface area contributed by atoms with Gasteiger partial charge in [-0.3, -0.25) is 4.79 Å². The number of hydrogen-bond donors (Lipinski definition) is 3. The number of rotatable bonds is 5. The van der Waals surface area contributed by atoms with Crippen LogP contribution in [-0.4, -0.2) is 37.9 Å². The smallest absolute Gasteiger partial charge is 0.232 e. The SMILES string of the molecule is CC(S)C(=O)NCC(C)(C)NS(C)(=O)=O. The fourth-order valence-corrected chi connectivity index (χ4v) is 2.16. The molecule has 0 aromatic carbocycles. The first-order valence-corrected chi connectivity index (χ1v) is 6.89. The van der Waals surface area contributed by atoms with Crippen molar-refractivity contribution in [3.63, 3.8) is 0 Å². The van der Waals surface area contributed by atoms with Crippen LogP contribution < -0.4 is 10.0 Å². The Labute approximate surface area is 96.5 Å². The van der Waals surface area contributed by atoms with Crippen molar-refractivity contribution in [2.75, 3.05) is 12.8 Å². The van der Waals surface area contributed by atoms with Gasteiger partial charge in [0.1, 0.15) is 0 Å². The van der Waals surface area contributed by atoms with Gasteiger partial charge in [-0.1, -0.05) is 0 Å². The van der Waals surface area contributed by atoms with Gasteiger partial charge in [0.25, 0.3) is 0 Å². The van der Waals surface area contributed by atoms with Crippen LogP contribution >= 0.6 is 12.6 Å². The molecule has 0 saturated heterocycles. The van der Waals surface area contributed by atoms with Gasteiger partial charge in [-0.05, 0) is 20.8 Å². The normalized spacial score (nSPS) is 14.7. The molecular formula is C8H18N2O3S2. The molecule has 0 saturated carbocycles. The summed E-state index contributed by atoms with van der Waals surface area (Å²) in [5.41, 5.74) is -0.702. The van der Waals surface area contributed by atoms with Crippen molar-refractivity contribution in [2.45, 2.75) is 31.6 Å². The number of sulfonamides is 1. The molecule has 0 spiro atoms. The molecule has 0 aliphatic carbocycles. The molecule has 0 heterocycles. The average Bonchev–Trinajstić information content (AvgIpc) is 1.95. The number of carbonyl (C=O) groups excluding carboxylic acids is 1. The van der Waals surface area contributed by atoms with Gasteiger partial charge in [0.15, 0.2) is 0 Å². The Hall–Kier alpha value is -0.270. The molecule has 1 atom stereocenters. The first-order chi connectivity index (χ1) is 6.53. The Morgan fingerprint density at radius 1 is 1.47 bits per heavy atom. The van der Waals surface area contributed by atoms with Gasteiger partial charge >= 0.3 is 0 Å². The van der Waals surface area contributed by atoms with Crippen LogP contribution in [0.15, 0.2) is 0 Å². The second-order valence-electron chi connectivity index (χ2n) is 4.15. The molecule has 90 valence electrons. The summed E-state index contributed by atoms with van der Waals surface area (Å²) in [7, 11) is -3.27. The summed E-state index contributed by atoms with van der Waals surface area (Å²) in [6.45, 7) is 5.26. The Kier molecular flexibility index (Phi) is 5.08. The van der Waals surface area contributed by atoms with E-state index in [9.17, 15) is 13.2 Å². The molecule has 1 unspecified atom stereocenters. The van der Waals surface area contributed by atoms with Crippen LogP contribution in [-0.2, 0) is 14.8 Å². The third kappa shape index (κ3) is 7.64. The highest BCUT2D eigenvalue weighted by atomic mass is 32.2. The highest BCUT2D eigenvalue weighted by molar-refractivity contribution is 7.88. The highest BCUT2D eigenvalue weighted by Gasteiger charge is 2.23. The van der Waals surface area contributed by atoms with E-state index in [1.807, 2.05) is 0 Å². The lowest BCUT2D eigenvalue weighted by Gasteiger charge is -2.25. The second-order valence-corrected chi connectivity index (χ2v) is 6.67. The predicted molar refractivity (Wildman–Crippen MR) is 63.5 cm³/mol. The zero-order chi connectivity index (χ0) is 12.3. The summed E-state index contributed by atoms with van der Waals surface area (Å²) in [5.74, 6) is -0.221. The van der Waals surface area contributed by atoms with Crippen molar-refractivity contribution in [2.24, 2.45) is 0 Å². The number of carbonyl (C=O) groups is 1. The van der Waals surface area contributed by atoms with E-state index in [4.69, 9.17) is 0 Å². The number of nitrogens with one attached hydrogen (secondary N) is 2. The largest absolute Gasteiger partial charge is 0.353 e. The van der Waals surface area contributed by atoms with Crippen molar-refractivity contribution in [3.05, 3.63) is 0 Å². The molecule has 0 aromatic heterocycles. The Bertz CT molecular complexity index is 323. The summed E-state index contributed by atoms with van der Waals surface area (Å²) >= 11 is 3.96. The van der Waals surface area contributed by atoms with Crippen LogP contribution in [0.25, 0.3) is 0 Å². The maximum absolute atomic E-state index is 11.2. The van der Waals surface area contributed by atoms with Crippen LogP contribution in [0.4, 0.5) is 0 Å². The second kappa shape index (κ2) is 5.18. The molecule has 0 radical (unpaired) electrons. The topological polar surface area (TPSA) is 75.3 Å². The van der Waals surface area contributed by atoms with E-state index in [0.717, 1.165) is 6.26 Å². The molecular weight excluding hydrogens is 236 g/mol. The van der Waals surface area contributed by atoms with Gasteiger partial charge in [0.2, 0.25) is 15.9 Å². The molecule has 0 aromatic rings. The summed E-state index contributed by atoms with van der Waals surface area (Å²) in [6, 6.07) is 0. The summed E-state index contributed by atoms with van der Waals surface area (Å²) in [5, 5.41) is 2.20. The molecule has 1 amide bonds. The van der Waals surface area contributed by atoms with Gasteiger partial charge in [0, 0.05) is 12.1 Å². The lowest BCUT2D eigenvalue weighted by Crippen LogP contribution is -2.51. The Balaban J connectivity index is 4.22. The summed E-state index contributed by atoms with van der Waals surface area (Å²) in [6.07, 6.45) is 1.08. The molecule has 0 rings (SSSR count). The molecule has 15 heavy (non-hydrogen) atoms. The lowest BCUT2D eigenvalue weighted by molar-refractivity contribution is -0.120. The predicted octanol–water partition coefficient (Wildman–Crippen LogP) is -0.251. The first kappa shape index (κ1) is 14.7. The third-order valence-corrected chi connectivity index (χ3v) is 2.70. The zero-order valence-electron chi connectivity index (χ0n) is 9.36. The van der Waals surface area contributed by atoms with E-state index in [2.05, 4.69) is 22.7 Å². The summed E-state index contributed by atoms with van der Waals surface area (Å²) in [4.78, 5) is 11.2. The van der Waals surface area contributed by atoms with Gasteiger partial charge in [-0.25, -0.2) is 13.1 Å². The Morgan fingerprint density at radius 3 is 2.27 bits per heavy atom. The number of amides is 1. The number of hydrogen-bond acceptors (Lipinski definition) is 4. The standard InChI is InChI=1S/C8H18N2O3S2/c1-6(14)7(11)9-5-8(2,3)10-15(4,12)13/h6,10,14H,5H2,1-4H3,(H,9,11). The van der Waals surface area contributed by atoms with Crippen molar-refractivity contribution in [1.29, 1.82) is 0 Å². The molecule has 5 nitrogen and oxygen atoms in total. The van der Waals surface area contributed by atoms with E-state index in [0.29, 0.717) is 0 Å². The molecule has 0 aliphatic heterocycles. The quantitative estimate of drug-likeness (QED) is 0.592. The van der Waals surface area contributed by atoms with E-state index in [1.165, 1.54) is 0 Å². The zero-order valence-corrected chi connectivity index (χ0v) is 11.1. The van der Waals surface area contributed by atoms with Crippen molar-refractivity contribution < 1.29 is 13.2 Å². The summed E-state index contributed by atoms with van der Waals surface area (Å²) < 4.78 is 24.4. The highest BCUT2D eigenvalue weighted by Crippen LogP contribution is 2.02. The fourth-order valence-electron chi connectivity index (χ4n) is 0.994. The van der Waals surface area contributed by atoms with Crippen molar-refractivity contribution in [3.8, 4) is 0 Å². The molecule has 7 heteroatoms. The minimum atomic E-state index is -3.27. The molecule has 0 bridgehead atoms. The first-order valence-electron chi connectivity index (χ1n) is 4.48. The minimum Gasteiger partial charge on any atom is -0.353 e. The average molecular weight is 254 g/mol. The van der Waals surface area contributed by atoms with E-state index in [-0.39, 0.29) is 12.5 Å². The Morgan fingerprint density at radius 2 is 1.93 bits per heavy atom. The molecule has 0 fully saturated rings.